The van der Waals surface area contributed by atoms with Gasteiger partial charge in [0.05, 0.1) is 25.6 Å². The summed E-state index contributed by atoms with van der Waals surface area (Å²) in [6.07, 6.45) is -0.474. The number of carboxylic acids is 1. The monoisotopic (exact) mass is 473 g/mol. The average molecular weight is 474 g/mol. The van der Waals surface area contributed by atoms with Gasteiger partial charge in [0.25, 0.3) is 5.91 Å². The van der Waals surface area contributed by atoms with Gasteiger partial charge < -0.3 is 31.5 Å². The number of nitrogens with zero attached hydrogens (tertiary/aromatic N) is 1. The molecule has 3 rings (SSSR count). The minimum Gasteiger partial charge on any atom is -0.507 e. The Kier molecular flexibility index (Phi) is 7.73. The highest BCUT2D eigenvalue weighted by atomic mass is 35.5. The molecule has 0 unspecified atom stereocenters. The third-order valence-electron chi connectivity index (χ3n) is 4.86. The smallest absolute Gasteiger partial charge is 0.305 e. The summed E-state index contributed by atoms with van der Waals surface area (Å²) in [4.78, 5) is 40.5. The molecule has 1 aliphatic rings. The second-order valence-electron chi connectivity index (χ2n) is 7.42. The van der Waals surface area contributed by atoms with Crippen LogP contribution in [-0.2, 0) is 9.59 Å². The first kappa shape index (κ1) is 23.9. The van der Waals surface area contributed by atoms with Crippen molar-refractivity contribution in [2.24, 2.45) is 4.99 Å². The average Bonchev–Trinajstić information content (AvgIpc) is 3.27. The maximum absolute atomic E-state index is 12.5. The van der Waals surface area contributed by atoms with Gasteiger partial charge in [-0.25, -0.2) is 0 Å². The highest BCUT2D eigenvalue weighted by molar-refractivity contribution is 6.30. The summed E-state index contributed by atoms with van der Waals surface area (Å²) in [6, 6.07) is 8.59. The van der Waals surface area contributed by atoms with Crippen molar-refractivity contribution in [3.63, 3.8) is 0 Å². The molecule has 0 saturated heterocycles. The van der Waals surface area contributed by atoms with Gasteiger partial charge in [-0.2, -0.15) is 0 Å². The van der Waals surface area contributed by atoms with E-state index in [1.54, 1.807) is 31.2 Å². The van der Waals surface area contributed by atoms with Crippen LogP contribution in [0.4, 0.5) is 5.69 Å². The van der Waals surface area contributed by atoms with E-state index in [0.29, 0.717) is 34.3 Å². The van der Waals surface area contributed by atoms with Crippen LogP contribution < -0.4 is 21.3 Å². The van der Waals surface area contributed by atoms with Gasteiger partial charge in [-0.3, -0.25) is 19.4 Å². The fraction of sp³-hybridized carbons (Fsp3) is 0.273. The third kappa shape index (κ3) is 6.59. The molecular formula is C22H24ClN5O5. The van der Waals surface area contributed by atoms with E-state index in [1.165, 1.54) is 12.1 Å². The second-order valence-corrected chi connectivity index (χ2v) is 7.86. The summed E-state index contributed by atoms with van der Waals surface area (Å²) < 4.78 is 0. The quantitative estimate of drug-likeness (QED) is 0.342. The number of guanidine groups is 1. The van der Waals surface area contributed by atoms with Crippen LogP contribution >= 0.6 is 11.6 Å². The van der Waals surface area contributed by atoms with E-state index < -0.39 is 30.2 Å². The first-order valence-electron chi connectivity index (χ1n) is 10.2. The number of aryl methyl sites for hydroxylation is 1. The Hall–Kier alpha value is -3.79. The molecule has 0 bridgehead atoms. The number of aromatic hydroxyl groups is 1. The maximum atomic E-state index is 12.5. The van der Waals surface area contributed by atoms with Crippen LogP contribution in [0.2, 0.25) is 5.02 Å². The van der Waals surface area contributed by atoms with Crippen LogP contribution in [-0.4, -0.2) is 53.6 Å². The van der Waals surface area contributed by atoms with Gasteiger partial charge in [0.1, 0.15) is 5.75 Å². The van der Waals surface area contributed by atoms with Crippen LogP contribution in [0.25, 0.3) is 0 Å². The summed E-state index contributed by atoms with van der Waals surface area (Å²) in [5.41, 5.74) is 1.62. The van der Waals surface area contributed by atoms with Crippen LogP contribution in [0.15, 0.2) is 41.4 Å². The molecule has 1 atom stereocenters. The lowest BCUT2D eigenvalue weighted by atomic mass is 10.00. The highest BCUT2D eigenvalue weighted by Gasteiger charge is 2.23. The predicted molar refractivity (Wildman–Crippen MR) is 124 cm³/mol. The number of carbonyl (C=O) groups excluding carboxylic acids is 2. The molecular weight excluding hydrogens is 450 g/mol. The molecule has 2 aromatic rings. The second kappa shape index (κ2) is 10.7. The van der Waals surface area contributed by atoms with Gasteiger partial charge in [0.2, 0.25) is 5.91 Å². The highest BCUT2D eigenvalue weighted by Crippen LogP contribution is 2.32. The lowest BCUT2D eigenvalue weighted by molar-refractivity contribution is -0.137. The van der Waals surface area contributed by atoms with Crippen molar-refractivity contribution in [2.75, 3.05) is 25.0 Å². The van der Waals surface area contributed by atoms with E-state index >= 15 is 0 Å². The Morgan fingerprint density at radius 3 is 2.73 bits per heavy atom. The van der Waals surface area contributed by atoms with E-state index in [0.717, 1.165) is 6.54 Å². The van der Waals surface area contributed by atoms with Gasteiger partial charge in [-0.1, -0.05) is 17.7 Å². The molecule has 0 aromatic heterocycles. The van der Waals surface area contributed by atoms with Crippen molar-refractivity contribution in [1.29, 1.82) is 0 Å². The van der Waals surface area contributed by atoms with Crippen molar-refractivity contribution >= 4 is 41.0 Å². The van der Waals surface area contributed by atoms with Gasteiger partial charge in [0, 0.05) is 28.4 Å². The number of phenols is 1. The number of amides is 2. The van der Waals surface area contributed by atoms with E-state index in [-0.39, 0.29) is 17.9 Å². The van der Waals surface area contributed by atoms with Crippen molar-refractivity contribution in [2.45, 2.75) is 19.4 Å². The SMILES string of the molecule is Cc1cc(Cl)cc([C@@H](CC(=O)O)NC(=O)CNC(=O)c2cccc(NC3=NCCN3)c2)c1O. The Morgan fingerprint density at radius 2 is 2.03 bits per heavy atom. The molecule has 2 amide bonds. The summed E-state index contributed by atoms with van der Waals surface area (Å²) in [5.74, 6) is -1.81. The molecule has 1 heterocycles. The largest absolute Gasteiger partial charge is 0.507 e. The number of hydrogen-bond donors (Lipinski definition) is 6. The molecule has 0 radical (unpaired) electrons. The van der Waals surface area contributed by atoms with E-state index in [2.05, 4.69) is 26.3 Å². The predicted octanol–water partition coefficient (Wildman–Crippen LogP) is 1.79. The zero-order chi connectivity index (χ0) is 24.0. The van der Waals surface area contributed by atoms with Crippen molar-refractivity contribution in [1.82, 2.24) is 16.0 Å². The van der Waals surface area contributed by atoms with Crippen LogP contribution in [0.3, 0.4) is 0 Å². The number of aliphatic imine (C=N–C) groups is 1. The van der Waals surface area contributed by atoms with Crippen LogP contribution in [0.1, 0.15) is 33.9 Å². The van der Waals surface area contributed by atoms with Crippen molar-refractivity contribution < 1.29 is 24.6 Å². The first-order valence-corrected chi connectivity index (χ1v) is 10.5. The number of benzene rings is 2. The molecule has 0 aliphatic carbocycles. The van der Waals surface area contributed by atoms with E-state index in [1.807, 2.05) is 0 Å². The van der Waals surface area contributed by atoms with Crippen molar-refractivity contribution in [3.05, 3.63) is 58.1 Å². The molecule has 10 nitrogen and oxygen atoms in total. The minimum absolute atomic E-state index is 0.152. The number of aliphatic carboxylic acids is 1. The zero-order valence-electron chi connectivity index (χ0n) is 17.8. The number of nitrogens with one attached hydrogen (secondary N) is 4. The fourth-order valence-electron chi connectivity index (χ4n) is 3.30. The van der Waals surface area contributed by atoms with Gasteiger partial charge in [-0.15, -0.1) is 0 Å². The Bertz CT molecular complexity index is 1100. The normalized spacial score (nSPS) is 13.5. The van der Waals surface area contributed by atoms with Crippen molar-refractivity contribution in [3.8, 4) is 5.75 Å². The molecule has 11 heteroatoms. The van der Waals surface area contributed by atoms with Gasteiger partial charge >= 0.3 is 5.97 Å². The number of phenolic OH excluding ortho intramolecular Hbond substituents is 1. The maximum Gasteiger partial charge on any atom is 0.305 e. The minimum atomic E-state index is -1.17. The fourth-order valence-corrected chi connectivity index (χ4v) is 3.59. The number of carboxylic acid groups (broad SMARTS) is 1. The molecule has 0 saturated carbocycles. The zero-order valence-corrected chi connectivity index (χ0v) is 18.6. The lowest BCUT2D eigenvalue weighted by Gasteiger charge is -2.20. The van der Waals surface area contributed by atoms with Gasteiger partial charge in [-0.05, 0) is 42.8 Å². The standard InChI is InChI=1S/C22H24ClN5O5/c1-12-7-14(23)9-16(20(12)32)17(10-19(30)31)28-18(29)11-26-21(33)13-3-2-4-15(8-13)27-22-24-5-6-25-22/h2-4,7-9,17,32H,5-6,10-11H2,1H3,(H,26,33)(H,28,29)(H,30,31)(H2,24,25,27)/t17-/m1/s1. The number of rotatable bonds is 8. The van der Waals surface area contributed by atoms with Crippen LogP contribution in [0.5, 0.6) is 5.75 Å². The topological polar surface area (TPSA) is 152 Å². The Balaban J connectivity index is 1.63. The first-order chi connectivity index (χ1) is 15.7. The number of hydrogen-bond acceptors (Lipinski definition) is 7. The summed E-state index contributed by atoms with van der Waals surface area (Å²) in [5, 5.41) is 31.0. The molecule has 174 valence electrons. The third-order valence-corrected chi connectivity index (χ3v) is 5.07. The summed E-state index contributed by atoms with van der Waals surface area (Å²) in [6.45, 7) is 2.64. The molecule has 33 heavy (non-hydrogen) atoms. The molecule has 6 N–H and O–H groups in total. The van der Waals surface area contributed by atoms with E-state index in [4.69, 9.17) is 11.6 Å². The Labute approximate surface area is 195 Å². The lowest BCUT2D eigenvalue weighted by Crippen LogP contribution is -2.39. The van der Waals surface area contributed by atoms with Crippen LogP contribution in [0, 0.1) is 6.92 Å². The Morgan fingerprint density at radius 1 is 1.24 bits per heavy atom. The number of carbonyl (C=O) groups is 3. The van der Waals surface area contributed by atoms with E-state index in [9.17, 15) is 24.6 Å². The van der Waals surface area contributed by atoms with Gasteiger partial charge in [0.15, 0.2) is 5.96 Å². The molecule has 0 fully saturated rings. The summed E-state index contributed by atoms with van der Waals surface area (Å²) >= 11 is 6.03. The molecule has 2 aromatic carbocycles. The summed E-state index contributed by atoms with van der Waals surface area (Å²) in [7, 11) is 0. The molecule has 1 aliphatic heterocycles. The molecule has 0 spiro atoms. The number of halogens is 1. The number of anilines is 1.